The number of benzene rings is 1. The molecule has 0 bridgehead atoms. The van der Waals surface area contributed by atoms with E-state index < -0.39 is 0 Å². The lowest BCUT2D eigenvalue weighted by atomic mass is 10.1. The molecule has 3 aromatic rings. The summed E-state index contributed by atoms with van der Waals surface area (Å²) in [7, 11) is 0. The van der Waals surface area contributed by atoms with Gasteiger partial charge in [-0.3, -0.25) is 0 Å². The van der Waals surface area contributed by atoms with Crippen LogP contribution < -0.4 is 5.84 Å². The Labute approximate surface area is 127 Å². The Hall–Kier alpha value is -2.21. The molecule has 0 saturated carbocycles. The lowest BCUT2D eigenvalue weighted by molar-refractivity contribution is 0.574. The largest absolute Gasteiger partial charge is 0.461 e. The van der Waals surface area contributed by atoms with Gasteiger partial charge in [-0.05, 0) is 42.7 Å². The van der Waals surface area contributed by atoms with Crippen LogP contribution in [0.15, 0.2) is 46.2 Å². The highest BCUT2D eigenvalue weighted by Crippen LogP contribution is 2.25. The maximum Gasteiger partial charge on any atom is 0.218 e. The molecule has 0 unspecified atom stereocenters. The second-order valence-corrected chi connectivity index (χ2v) is 5.80. The molecule has 0 saturated heterocycles. The van der Waals surface area contributed by atoms with E-state index in [2.05, 4.69) is 42.2 Å². The Morgan fingerprint density at radius 2 is 2.05 bits per heavy atom. The van der Waals surface area contributed by atoms with Gasteiger partial charge >= 0.3 is 0 Å². The number of aryl methyl sites for hydroxylation is 2. The highest BCUT2D eigenvalue weighted by molar-refractivity contribution is 7.98. The van der Waals surface area contributed by atoms with Gasteiger partial charge in [-0.1, -0.05) is 30.0 Å². The van der Waals surface area contributed by atoms with Gasteiger partial charge in [0, 0.05) is 5.75 Å². The highest BCUT2D eigenvalue weighted by Gasteiger charge is 2.14. The number of thioether (sulfide) groups is 1. The van der Waals surface area contributed by atoms with E-state index in [-0.39, 0.29) is 0 Å². The van der Waals surface area contributed by atoms with Gasteiger partial charge in [0.05, 0.1) is 6.26 Å². The molecule has 0 atom stereocenters. The van der Waals surface area contributed by atoms with Crippen molar-refractivity contribution in [2.45, 2.75) is 24.8 Å². The van der Waals surface area contributed by atoms with E-state index in [1.54, 1.807) is 24.1 Å². The van der Waals surface area contributed by atoms with Crippen LogP contribution in [0.1, 0.15) is 16.7 Å². The summed E-state index contributed by atoms with van der Waals surface area (Å²) in [5.74, 6) is 7.97. The molecule has 5 nitrogen and oxygen atoms in total. The van der Waals surface area contributed by atoms with Gasteiger partial charge < -0.3 is 10.3 Å². The van der Waals surface area contributed by atoms with Crippen molar-refractivity contribution in [3.05, 3.63) is 53.3 Å². The molecular weight excluding hydrogens is 284 g/mol. The molecule has 2 N–H and O–H groups in total. The number of aromatic nitrogens is 3. The van der Waals surface area contributed by atoms with Crippen molar-refractivity contribution >= 4 is 11.8 Å². The van der Waals surface area contributed by atoms with E-state index in [4.69, 9.17) is 10.3 Å². The topological polar surface area (TPSA) is 69.9 Å². The van der Waals surface area contributed by atoms with E-state index in [0.717, 1.165) is 5.75 Å². The zero-order valence-electron chi connectivity index (χ0n) is 11.9. The van der Waals surface area contributed by atoms with E-state index in [0.29, 0.717) is 16.7 Å². The lowest BCUT2D eigenvalue weighted by Gasteiger charge is -2.05. The molecule has 0 spiro atoms. The smallest absolute Gasteiger partial charge is 0.218 e. The fraction of sp³-hybridized carbons (Fsp3) is 0.200. The van der Waals surface area contributed by atoms with Gasteiger partial charge in [0.1, 0.15) is 0 Å². The van der Waals surface area contributed by atoms with Crippen molar-refractivity contribution in [3.63, 3.8) is 0 Å². The summed E-state index contributed by atoms with van der Waals surface area (Å²) in [6.45, 7) is 4.22. The summed E-state index contributed by atoms with van der Waals surface area (Å²) in [4.78, 5) is 0. The Bertz CT molecular complexity index is 749. The van der Waals surface area contributed by atoms with Crippen molar-refractivity contribution in [1.82, 2.24) is 14.9 Å². The van der Waals surface area contributed by atoms with Crippen LogP contribution in [-0.4, -0.2) is 14.9 Å². The standard InChI is InChI=1S/C15H16N4OS/c1-10-5-6-12(8-11(10)2)9-21-15-18-17-14(19(15)16)13-4-3-7-20-13/h3-8H,9,16H2,1-2H3. The molecule has 2 aromatic heterocycles. The molecule has 3 rings (SSSR count). The van der Waals surface area contributed by atoms with E-state index >= 15 is 0 Å². The molecule has 2 heterocycles. The maximum absolute atomic E-state index is 6.02. The van der Waals surface area contributed by atoms with Crippen LogP contribution in [0.25, 0.3) is 11.6 Å². The third-order valence-corrected chi connectivity index (χ3v) is 4.36. The second kappa shape index (κ2) is 5.65. The Balaban J connectivity index is 1.75. The van der Waals surface area contributed by atoms with Gasteiger partial charge in [0.15, 0.2) is 5.76 Å². The number of nitrogens with zero attached hydrogens (tertiary/aromatic N) is 3. The Kier molecular flexibility index (Phi) is 3.70. The molecular formula is C15H16N4OS. The van der Waals surface area contributed by atoms with Crippen molar-refractivity contribution in [2.24, 2.45) is 0 Å². The fourth-order valence-corrected chi connectivity index (χ4v) is 2.79. The summed E-state index contributed by atoms with van der Waals surface area (Å²) >= 11 is 1.56. The van der Waals surface area contributed by atoms with Crippen LogP contribution in [0.4, 0.5) is 0 Å². The maximum atomic E-state index is 6.02. The van der Waals surface area contributed by atoms with Crippen molar-refractivity contribution in [2.75, 3.05) is 5.84 Å². The van der Waals surface area contributed by atoms with Gasteiger partial charge in [-0.15, -0.1) is 10.2 Å². The predicted octanol–water partition coefficient (Wildman–Crippen LogP) is 3.16. The average molecular weight is 300 g/mol. The predicted molar refractivity (Wildman–Crippen MR) is 83.4 cm³/mol. The quantitative estimate of drug-likeness (QED) is 0.592. The first-order chi connectivity index (χ1) is 10.1. The van der Waals surface area contributed by atoms with Crippen molar-refractivity contribution in [1.29, 1.82) is 0 Å². The minimum Gasteiger partial charge on any atom is -0.461 e. The summed E-state index contributed by atoms with van der Waals surface area (Å²) < 4.78 is 6.76. The van der Waals surface area contributed by atoms with Crippen LogP contribution in [0.5, 0.6) is 0 Å². The third-order valence-electron chi connectivity index (χ3n) is 3.35. The molecule has 1 aromatic carbocycles. The molecule has 6 heteroatoms. The summed E-state index contributed by atoms with van der Waals surface area (Å²) in [6.07, 6.45) is 1.59. The van der Waals surface area contributed by atoms with Crippen LogP contribution >= 0.6 is 11.8 Å². The SMILES string of the molecule is Cc1ccc(CSc2nnc(-c3ccco3)n2N)cc1C. The summed E-state index contributed by atoms with van der Waals surface area (Å²) in [5, 5.41) is 8.86. The number of nitrogen functional groups attached to an aromatic ring is 1. The molecule has 0 aliphatic rings. The minimum absolute atomic E-state index is 0.530. The Morgan fingerprint density at radius 1 is 1.19 bits per heavy atom. The molecule has 0 aliphatic carbocycles. The second-order valence-electron chi connectivity index (χ2n) is 4.86. The fourth-order valence-electron chi connectivity index (χ4n) is 1.99. The normalized spacial score (nSPS) is 11.0. The molecule has 0 radical (unpaired) electrons. The Morgan fingerprint density at radius 3 is 2.76 bits per heavy atom. The number of hydrogen-bond acceptors (Lipinski definition) is 5. The van der Waals surface area contributed by atoms with Gasteiger partial charge in [-0.2, -0.15) is 0 Å². The first kappa shape index (κ1) is 13.8. The van der Waals surface area contributed by atoms with Gasteiger partial charge in [-0.25, -0.2) is 4.68 Å². The number of furan rings is 1. The summed E-state index contributed by atoms with van der Waals surface area (Å²) in [5.41, 5.74) is 3.83. The molecule has 0 fully saturated rings. The highest BCUT2D eigenvalue weighted by atomic mass is 32.2. The zero-order chi connectivity index (χ0) is 14.8. The molecule has 108 valence electrons. The number of rotatable bonds is 4. The third kappa shape index (κ3) is 2.80. The van der Waals surface area contributed by atoms with E-state index in [1.807, 2.05) is 6.07 Å². The average Bonchev–Trinajstić information content (AvgIpc) is 3.10. The first-order valence-corrected chi connectivity index (χ1v) is 7.57. The van der Waals surface area contributed by atoms with Crippen LogP contribution in [0.3, 0.4) is 0 Å². The lowest BCUT2D eigenvalue weighted by Crippen LogP contribution is -2.11. The van der Waals surface area contributed by atoms with E-state index in [9.17, 15) is 0 Å². The summed E-state index contributed by atoms with van der Waals surface area (Å²) in [6, 6.07) is 10.1. The van der Waals surface area contributed by atoms with Crippen molar-refractivity contribution in [3.8, 4) is 11.6 Å². The van der Waals surface area contributed by atoms with Gasteiger partial charge in [0.25, 0.3) is 0 Å². The minimum atomic E-state index is 0.530. The first-order valence-electron chi connectivity index (χ1n) is 6.58. The molecule has 0 aliphatic heterocycles. The zero-order valence-corrected chi connectivity index (χ0v) is 12.7. The van der Waals surface area contributed by atoms with Crippen LogP contribution in [-0.2, 0) is 5.75 Å². The van der Waals surface area contributed by atoms with E-state index in [1.165, 1.54) is 21.4 Å². The number of hydrogen-bond donors (Lipinski definition) is 1. The molecule has 21 heavy (non-hydrogen) atoms. The van der Waals surface area contributed by atoms with Crippen LogP contribution in [0, 0.1) is 13.8 Å². The molecule has 0 amide bonds. The number of nitrogens with two attached hydrogens (primary N) is 1. The monoisotopic (exact) mass is 300 g/mol. The van der Waals surface area contributed by atoms with Gasteiger partial charge in [0.2, 0.25) is 11.0 Å². The van der Waals surface area contributed by atoms with Crippen LogP contribution in [0.2, 0.25) is 0 Å². The van der Waals surface area contributed by atoms with Crippen molar-refractivity contribution < 1.29 is 4.42 Å².